The molecule has 0 aromatic heterocycles. The van der Waals surface area contributed by atoms with Crippen LogP contribution >= 0.6 is 0 Å². The van der Waals surface area contributed by atoms with Crippen molar-refractivity contribution in [2.24, 2.45) is 5.41 Å². The van der Waals surface area contributed by atoms with Gasteiger partial charge in [-0.05, 0) is 37.5 Å². The lowest BCUT2D eigenvalue weighted by molar-refractivity contribution is -0.142. The predicted octanol–water partition coefficient (Wildman–Crippen LogP) is 0.577. The minimum Gasteiger partial charge on any atom is -0.480 e. The standard InChI is InChI=1S/C13H24N2O5S/c1-13(5-8-20-9-6-13)10-14-21(18,19)15-7-3-2-4-11(15)12(16)17/h11,14H,2-10H2,1H3,(H,16,17). The van der Waals surface area contributed by atoms with Crippen LogP contribution in [0.3, 0.4) is 0 Å². The molecule has 0 aliphatic carbocycles. The molecule has 1 atom stereocenters. The minimum absolute atomic E-state index is 0.125. The third-order valence-electron chi connectivity index (χ3n) is 4.43. The van der Waals surface area contributed by atoms with E-state index in [4.69, 9.17) is 4.74 Å². The normalized spacial score (nSPS) is 27.4. The van der Waals surface area contributed by atoms with E-state index in [1.165, 1.54) is 0 Å². The Bertz CT molecular complexity index is 473. The second kappa shape index (κ2) is 6.60. The molecule has 2 saturated heterocycles. The molecule has 0 bridgehead atoms. The zero-order valence-corrected chi connectivity index (χ0v) is 13.2. The molecule has 1 unspecified atom stereocenters. The quantitative estimate of drug-likeness (QED) is 0.772. The molecule has 8 heteroatoms. The summed E-state index contributed by atoms with van der Waals surface area (Å²) in [5.74, 6) is -1.07. The number of piperidine rings is 1. The van der Waals surface area contributed by atoms with Gasteiger partial charge in [0.1, 0.15) is 6.04 Å². The maximum absolute atomic E-state index is 12.4. The summed E-state index contributed by atoms with van der Waals surface area (Å²) < 4.78 is 33.8. The molecule has 2 fully saturated rings. The minimum atomic E-state index is -3.75. The SMILES string of the molecule is CC1(CNS(=O)(=O)N2CCCCC2C(=O)O)CCOCC1. The second-order valence-corrected chi connectivity index (χ2v) is 7.92. The van der Waals surface area contributed by atoms with Crippen molar-refractivity contribution in [1.29, 1.82) is 0 Å². The van der Waals surface area contributed by atoms with E-state index in [0.717, 1.165) is 23.6 Å². The molecule has 122 valence electrons. The van der Waals surface area contributed by atoms with Crippen LogP contribution < -0.4 is 4.72 Å². The van der Waals surface area contributed by atoms with Crippen LogP contribution in [0.15, 0.2) is 0 Å². The van der Waals surface area contributed by atoms with Crippen LogP contribution in [0, 0.1) is 5.41 Å². The highest BCUT2D eigenvalue weighted by molar-refractivity contribution is 7.87. The summed E-state index contributed by atoms with van der Waals surface area (Å²) in [5.41, 5.74) is -0.125. The van der Waals surface area contributed by atoms with Crippen LogP contribution in [-0.4, -0.2) is 56.1 Å². The number of hydrogen-bond donors (Lipinski definition) is 2. The van der Waals surface area contributed by atoms with Crippen molar-refractivity contribution in [3.63, 3.8) is 0 Å². The lowest BCUT2D eigenvalue weighted by atomic mass is 9.83. The van der Waals surface area contributed by atoms with Crippen molar-refractivity contribution in [3.8, 4) is 0 Å². The number of rotatable bonds is 5. The molecule has 21 heavy (non-hydrogen) atoms. The van der Waals surface area contributed by atoms with Crippen LogP contribution in [-0.2, 0) is 19.7 Å². The third kappa shape index (κ3) is 4.15. The van der Waals surface area contributed by atoms with Crippen molar-refractivity contribution in [3.05, 3.63) is 0 Å². The molecule has 0 aromatic carbocycles. The van der Waals surface area contributed by atoms with Gasteiger partial charge in [0.05, 0.1) is 0 Å². The average Bonchev–Trinajstić information content (AvgIpc) is 2.46. The summed E-state index contributed by atoms with van der Waals surface area (Å²) in [5, 5.41) is 9.19. The van der Waals surface area contributed by atoms with Crippen LogP contribution in [0.5, 0.6) is 0 Å². The highest BCUT2D eigenvalue weighted by Gasteiger charge is 2.38. The molecular formula is C13H24N2O5S. The van der Waals surface area contributed by atoms with Crippen LogP contribution in [0.25, 0.3) is 0 Å². The molecular weight excluding hydrogens is 296 g/mol. The smallest absolute Gasteiger partial charge is 0.322 e. The Morgan fingerprint density at radius 2 is 2.05 bits per heavy atom. The Morgan fingerprint density at radius 3 is 2.67 bits per heavy atom. The van der Waals surface area contributed by atoms with Gasteiger partial charge in [0.15, 0.2) is 0 Å². The molecule has 0 amide bonds. The van der Waals surface area contributed by atoms with Crippen molar-refractivity contribution < 1.29 is 23.1 Å². The van der Waals surface area contributed by atoms with Gasteiger partial charge in [-0.2, -0.15) is 12.7 Å². The molecule has 2 rings (SSSR count). The lowest BCUT2D eigenvalue weighted by Gasteiger charge is -2.36. The molecule has 7 nitrogen and oxygen atoms in total. The number of nitrogens with one attached hydrogen (secondary N) is 1. The van der Waals surface area contributed by atoms with Gasteiger partial charge < -0.3 is 9.84 Å². The van der Waals surface area contributed by atoms with Gasteiger partial charge in [-0.25, -0.2) is 4.72 Å². The van der Waals surface area contributed by atoms with Gasteiger partial charge in [-0.15, -0.1) is 0 Å². The monoisotopic (exact) mass is 320 g/mol. The maximum atomic E-state index is 12.4. The van der Waals surface area contributed by atoms with Crippen LogP contribution in [0.1, 0.15) is 39.0 Å². The van der Waals surface area contributed by atoms with E-state index in [9.17, 15) is 18.3 Å². The zero-order chi connectivity index (χ0) is 15.5. The molecule has 2 aliphatic rings. The Kier molecular flexibility index (Phi) is 5.24. The van der Waals surface area contributed by atoms with Crippen LogP contribution in [0.2, 0.25) is 0 Å². The number of nitrogens with zero attached hydrogens (tertiary/aromatic N) is 1. The molecule has 0 radical (unpaired) electrons. The highest BCUT2D eigenvalue weighted by atomic mass is 32.2. The van der Waals surface area contributed by atoms with E-state index >= 15 is 0 Å². The van der Waals surface area contributed by atoms with Crippen molar-refractivity contribution in [1.82, 2.24) is 9.03 Å². The van der Waals surface area contributed by atoms with Crippen LogP contribution in [0.4, 0.5) is 0 Å². The summed E-state index contributed by atoms with van der Waals surface area (Å²) in [4.78, 5) is 11.2. The molecule has 2 aliphatic heterocycles. The number of hydrogen-bond acceptors (Lipinski definition) is 4. The van der Waals surface area contributed by atoms with E-state index < -0.39 is 22.2 Å². The number of aliphatic carboxylic acids is 1. The van der Waals surface area contributed by atoms with E-state index in [0.29, 0.717) is 32.6 Å². The summed E-state index contributed by atoms with van der Waals surface area (Å²) in [6.45, 7) is 3.90. The topological polar surface area (TPSA) is 95.9 Å². The number of carboxylic acids is 1. The number of carboxylic acid groups (broad SMARTS) is 1. The Balaban J connectivity index is 2.01. The fourth-order valence-electron chi connectivity index (χ4n) is 2.83. The number of ether oxygens (including phenoxy) is 1. The van der Waals surface area contributed by atoms with Gasteiger partial charge in [0.25, 0.3) is 10.2 Å². The lowest BCUT2D eigenvalue weighted by Crippen LogP contribution is -2.53. The fourth-order valence-corrected chi connectivity index (χ4v) is 4.43. The number of carbonyl (C=O) groups is 1. The molecule has 2 N–H and O–H groups in total. The molecule has 2 heterocycles. The predicted molar refractivity (Wildman–Crippen MR) is 77.1 cm³/mol. The first-order valence-electron chi connectivity index (χ1n) is 7.41. The first kappa shape index (κ1) is 16.7. The van der Waals surface area contributed by atoms with Crippen molar-refractivity contribution >= 4 is 16.2 Å². The largest absolute Gasteiger partial charge is 0.480 e. The summed E-state index contributed by atoms with van der Waals surface area (Å²) in [7, 11) is -3.75. The van der Waals surface area contributed by atoms with E-state index in [2.05, 4.69) is 4.72 Å². The van der Waals surface area contributed by atoms with Crippen molar-refractivity contribution in [2.45, 2.75) is 45.1 Å². The maximum Gasteiger partial charge on any atom is 0.322 e. The van der Waals surface area contributed by atoms with Crippen molar-refractivity contribution in [2.75, 3.05) is 26.3 Å². The first-order chi connectivity index (χ1) is 9.84. The average molecular weight is 320 g/mol. The molecule has 0 aromatic rings. The summed E-state index contributed by atoms with van der Waals surface area (Å²) in [6, 6.07) is -0.946. The Hall–Kier alpha value is -0.700. The Morgan fingerprint density at radius 1 is 1.38 bits per heavy atom. The second-order valence-electron chi connectivity index (χ2n) is 6.21. The van der Waals surface area contributed by atoms with Gasteiger partial charge in [0.2, 0.25) is 0 Å². The summed E-state index contributed by atoms with van der Waals surface area (Å²) in [6.07, 6.45) is 3.44. The van der Waals surface area contributed by atoms with Gasteiger partial charge in [-0.1, -0.05) is 6.92 Å². The third-order valence-corrected chi connectivity index (χ3v) is 5.99. The van der Waals surface area contributed by atoms with E-state index in [1.807, 2.05) is 6.92 Å². The fraction of sp³-hybridized carbons (Fsp3) is 0.923. The van der Waals surface area contributed by atoms with Gasteiger partial charge >= 0.3 is 5.97 Å². The van der Waals surface area contributed by atoms with E-state index in [-0.39, 0.29) is 12.0 Å². The molecule has 0 saturated carbocycles. The first-order valence-corrected chi connectivity index (χ1v) is 8.85. The van der Waals surface area contributed by atoms with E-state index in [1.54, 1.807) is 0 Å². The van der Waals surface area contributed by atoms with Gasteiger partial charge in [0, 0.05) is 26.3 Å². The highest BCUT2D eigenvalue weighted by Crippen LogP contribution is 2.29. The molecule has 0 spiro atoms. The zero-order valence-electron chi connectivity index (χ0n) is 12.4. The van der Waals surface area contributed by atoms with Gasteiger partial charge in [-0.3, -0.25) is 4.79 Å². The summed E-state index contributed by atoms with van der Waals surface area (Å²) >= 11 is 0. The Labute approximate surface area is 125 Å².